The molecule has 0 unspecified atom stereocenters. The van der Waals surface area contributed by atoms with Crippen molar-refractivity contribution in [3.05, 3.63) is 42.4 Å². The molecule has 0 fully saturated rings. The predicted molar refractivity (Wildman–Crippen MR) is 89.8 cm³/mol. The average Bonchev–Trinajstić information content (AvgIpc) is 3.15. The van der Waals surface area contributed by atoms with Crippen LogP contribution in [0.1, 0.15) is 30.3 Å². The lowest BCUT2D eigenvalue weighted by atomic mass is 10.3. The van der Waals surface area contributed by atoms with Crippen molar-refractivity contribution >= 4 is 44.2 Å². The summed E-state index contributed by atoms with van der Waals surface area (Å²) in [6, 6.07) is 8.65. The van der Waals surface area contributed by atoms with Gasteiger partial charge in [-0.15, -0.1) is 0 Å². The van der Waals surface area contributed by atoms with Gasteiger partial charge in [-0.25, -0.2) is 4.98 Å². The van der Waals surface area contributed by atoms with Gasteiger partial charge in [0.15, 0.2) is 10.9 Å². The van der Waals surface area contributed by atoms with E-state index in [2.05, 4.69) is 15.6 Å². The SMILES string of the molecule is CCCC(=O)Nc1nc2ccc(NC(=O)c3ccco3)cc2s1. The molecule has 0 atom stereocenters. The van der Waals surface area contributed by atoms with Crippen molar-refractivity contribution in [3.63, 3.8) is 0 Å². The Morgan fingerprint density at radius 2 is 2.13 bits per heavy atom. The maximum atomic E-state index is 12.0. The third-order valence-electron chi connectivity index (χ3n) is 3.11. The Morgan fingerprint density at radius 3 is 2.87 bits per heavy atom. The third-order valence-corrected chi connectivity index (χ3v) is 4.05. The highest BCUT2D eigenvalue weighted by atomic mass is 32.1. The highest BCUT2D eigenvalue weighted by Crippen LogP contribution is 2.28. The Labute approximate surface area is 136 Å². The molecular formula is C16H15N3O3S. The van der Waals surface area contributed by atoms with Crippen molar-refractivity contribution in [2.75, 3.05) is 10.6 Å². The first-order valence-corrected chi connectivity index (χ1v) is 8.02. The normalized spacial score (nSPS) is 10.7. The number of hydrogen-bond donors (Lipinski definition) is 2. The number of rotatable bonds is 5. The average molecular weight is 329 g/mol. The summed E-state index contributed by atoms with van der Waals surface area (Å²) >= 11 is 1.37. The Hall–Kier alpha value is -2.67. The molecule has 0 saturated carbocycles. The van der Waals surface area contributed by atoms with Gasteiger partial charge in [0, 0.05) is 12.1 Å². The molecule has 0 radical (unpaired) electrons. The molecule has 0 aliphatic rings. The molecule has 3 rings (SSSR count). The molecule has 23 heavy (non-hydrogen) atoms. The Balaban J connectivity index is 1.76. The first-order chi connectivity index (χ1) is 11.2. The first-order valence-electron chi connectivity index (χ1n) is 7.21. The zero-order chi connectivity index (χ0) is 16.2. The Bertz CT molecular complexity index is 840. The highest BCUT2D eigenvalue weighted by molar-refractivity contribution is 7.22. The summed E-state index contributed by atoms with van der Waals surface area (Å²) in [6.45, 7) is 1.95. The van der Waals surface area contributed by atoms with Gasteiger partial charge in [0.2, 0.25) is 5.91 Å². The lowest BCUT2D eigenvalue weighted by Crippen LogP contribution is -2.10. The molecule has 3 aromatic rings. The number of fused-ring (bicyclic) bond motifs is 1. The van der Waals surface area contributed by atoms with E-state index in [0.717, 1.165) is 16.6 Å². The maximum Gasteiger partial charge on any atom is 0.291 e. The van der Waals surface area contributed by atoms with Crippen LogP contribution in [-0.4, -0.2) is 16.8 Å². The summed E-state index contributed by atoms with van der Waals surface area (Å²) in [5.74, 6) is -0.102. The zero-order valence-electron chi connectivity index (χ0n) is 12.5. The molecule has 6 nitrogen and oxygen atoms in total. The first kappa shape index (κ1) is 15.2. The van der Waals surface area contributed by atoms with Crippen LogP contribution in [0.4, 0.5) is 10.8 Å². The fraction of sp³-hybridized carbons (Fsp3) is 0.188. The van der Waals surface area contributed by atoms with E-state index in [1.54, 1.807) is 24.3 Å². The number of carbonyl (C=O) groups is 2. The van der Waals surface area contributed by atoms with Crippen LogP contribution in [0.5, 0.6) is 0 Å². The van der Waals surface area contributed by atoms with Gasteiger partial charge in [0.1, 0.15) is 0 Å². The van der Waals surface area contributed by atoms with Gasteiger partial charge in [-0.3, -0.25) is 9.59 Å². The molecule has 2 aromatic heterocycles. The van der Waals surface area contributed by atoms with Gasteiger partial charge in [-0.1, -0.05) is 18.3 Å². The predicted octanol–water partition coefficient (Wildman–Crippen LogP) is 3.88. The summed E-state index contributed by atoms with van der Waals surface area (Å²) in [6.07, 6.45) is 2.71. The Kier molecular flexibility index (Phi) is 4.38. The van der Waals surface area contributed by atoms with Crippen LogP contribution in [0.3, 0.4) is 0 Å². The summed E-state index contributed by atoms with van der Waals surface area (Å²) in [5, 5.41) is 6.11. The van der Waals surface area contributed by atoms with Crippen LogP contribution in [0.2, 0.25) is 0 Å². The van der Waals surface area contributed by atoms with Crippen LogP contribution in [0.25, 0.3) is 10.2 Å². The van der Waals surface area contributed by atoms with Crippen LogP contribution in [0, 0.1) is 0 Å². The minimum absolute atomic E-state index is 0.0436. The minimum atomic E-state index is -0.310. The topological polar surface area (TPSA) is 84.2 Å². The van der Waals surface area contributed by atoms with Crippen LogP contribution in [-0.2, 0) is 4.79 Å². The molecule has 0 aliphatic heterocycles. The second kappa shape index (κ2) is 6.62. The van der Waals surface area contributed by atoms with Crippen LogP contribution in [0.15, 0.2) is 41.0 Å². The second-order valence-corrected chi connectivity index (χ2v) is 5.96. The van der Waals surface area contributed by atoms with Gasteiger partial charge in [-0.2, -0.15) is 0 Å². The second-order valence-electron chi connectivity index (χ2n) is 4.93. The highest BCUT2D eigenvalue weighted by Gasteiger charge is 2.11. The van der Waals surface area contributed by atoms with E-state index >= 15 is 0 Å². The molecule has 7 heteroatoms. The molecule has 2 amide bonds. The number of hydrogen-bond acceptors (Lipinski definition) is 5. The van der Waals surface area contributed by atoms with E-state index in [0.29, 0.717) is 17.2 Å². The quantitative estimate of drug-likeness (QED) is 0.744. The number of aromatic nitrogens is 1. The van der Waals surface area contributed by atoms with Crippen molar-refractivity contribution in [3.8, 4) is 0 Å². The molecule has 118 valence electrons. The van der Waals surface area contributed by atoms with E-state index in [1.807, 2.05) is 13.0 Å². The van der Waals surface area contributed by atoms with Gasteiger partial charge in [-0.05, 0) is 36.8 Å². The van der Waals surface area contributed by atoms with E-state index in [9.17, 15) is 9.59 Å². The summed E-state index contributed by atoms with van der Waals surface area (Å²) in [5.41, 5.74) is 1.42. The van der Waals surface area contributed by atoms with Crippen molar-refractivity contribution in [2.24, 2.45) is 0 Å². The molecule has 2 N–H and O–H groups in total. The number of benzene rings is 1. The summed E-state index contributed by atoms with van der Waals surface area (Å²) < 4.78 is 5.94. The van der Waals surface area contributed by atoms with Crippen molar-refractivity contribution < 1.29 is 14.0 Å². The Morgan fingerprint density at radius 1 is 1.26 bits per heavy atom. The summed E-state index contributed by atoms with van der Waals surface area (Å²) in [4.78, 5) is 27.9. The monoisotopic (exact) mass is 329 g/mol. The van der Waals surface area contributed by atoms with E-state index in [-0.39, 0.29) is 17.6 Å². The molecule has 2 heterocycles. The minimum Gasteiger partial charge on any atom is -0.459 e. The fourth-order valence-electron chi connectivity index (χ4n) is 2.07. The van der Waals surface area contributed by atoms with Crippen LogP contribution < -0.4 is 10.6 Å². The number of nitrogens with zero attached hydrogens (tertiary/aromatic N) is 1. The van der Waals surface area contributed by atoms with Gasteiger partial charge in [0.05, 0.1) is 16.5 Å². The number of nitrogens with one attached hydrogen (secondary N) is 2. The van der Waals surface area contributed by atoms with E-state index in [1.165, 1.54) is 17.6 Å². The maximum absolute atomic E-state index is 12.0. The number of furan rings is 1. The summed E-state index contributed by atoms with van der Waals surface area (Å²) in [7, 11) is 0. The molecule has 0 bridgehead atoms. The zero-order valence-corrected chi connectivity index (χ0v) is 13.3. The molecule has 1 aromatic carbocycles. The number of anilines is 2. The standard InChI is InChI=1S/C16H15N3O3S/c1-2-4-14(20)19-16-18-11-7-6-10(9-13(11)23-16)17-15(21)12-5-3-8-22-12/h3,5-9H,2,4H2,1H3,(H,17,21)(H,18,19,20). The van der Waals surface area contributed by atoms with Gasteiger partial charge < -0.3 is 15.1 Å². The van der Waals surface area contributed by atoms with Crippen LogP contribution >= 0.6 is 11.3 Å². The van der Waals surface area contributed by atoms with Gasteiger partial charge in [0.25, 0.3) is 5.91 Å². The lowest BCUT2D eigenvalue weighted by Gasteiger charge is -2.02. The molecule has 0 saturated heterocycles. The van der Waals surface area contributed by atoms with Crippen molar-refractivity contribution in [2.45, 2.75) is 19.8 Å². The van der Waals surface area contributed by atoms with Gasteiger partial charge >= 0.3 is 0 Å². The number of thiazole rings is 1. The number of carbonyl (C=O) groups excluding carboxylic acids is 2. The number of amides is 2. The molecule has 0 aliphatic carbocycles. The van der Waals surface area contributed by atoms with E-state index < -0.39 is 0 Å². The third kappa shape index (κ3) is 3.57. The largest absolute Gasteiger partial charge is 0.459 e. The fourth-order valence-corrected chi connectivity index (χ4v) is 2.99. The smallest absolute Gasteiger partial charge is 0.291 e. The van der Waals surface area contributed by atoms with Crippen molar-refractivity contribution in [1.29, 1.82) is 0 Å². The molecule has 0 spiro atoms. The van der Waals surface area contributed by atoms with Crippen molar-refractivity contribution in [1.82, 2.24) is 4.98 Å². The van der Waals surface area contributed by atoms with E-state index in [4.69, 9.17) is 4.42 Å². The molecular weight excluding hydrogens is 314 g/mol. The lowest BCUT2D eigenvalue weighted by molar-refractivity contribution is -0.116.